The van der Waals surface area contributed by atoms with E-state index in [2.05, 4.69) is 11.9 Å². The number of rotatable bonds is 3. The minimum absolute atomic E-state index is 0.335. The van der Waals surface area contributed by atoms with E-state index in [9.17, 15) is 4.79 Å². The van der Waals surface area contributed by atoms with Crippen LogP contribution in [0.5, 0.6) is 0 Å². The molecule has 0 bridgehead atoms. The molecule has 1 amide bonds. The normalized spacial score (nSPS) is 11.7. The lowest BCUT2D eigenvalue weighted by molar-refractivity contribution is 0.192. The number of carbonyl (C=O) groups is 1. The molecule has 0 heterocycles. The molecular weight excluding hydrogens is 166 g/mol. The molecule has 1 atom stereocenters. The van der Waals surface area contributed by atoms with Crippen LogP contribution in [0.3, 0.4) is 0 Å². The van der Waals surface area contributed by atoms with E-state index in [0.29, 0.717) is 0 Å². The Morgan fingerprint density at radius 2 is 2.08 bits per heavy atom. The first-order chi connectivity index (χ1) is 6.24. The van der Waals surface area contributed by atoms with Gasteiger partial charge in [-0.15, -0.1) is 6.58 Å². The summed E-state index contributed by atoms with van der Waals surface area (Å²) in [5.41, 5.74) is 0.889. The third kappa shape index (κ3) is 2.63. The van der Waals surface area contributed by atoms with Crippen LogP contribution in [0.25, 0.3) is 0 Å². The fraction of sp³-hybridized carbons (Fsp3) is 0.100. The molecule has 0 aliphatic carbocycles. The summed E-state index contributed by atoms with van der Waals surface area (Å²) in [6, 6.07) is 8.96. The molecule has 1 unspecified atom stereocenters. The van der Waals surface area contributed by atoms with E-state index < -0.39 is 6.09 Å². The number of benzene rings is 1. The van der Waals surface area contributed by atoms with Crippen LogP contribution in [0.2, 0.25) is 0 Å². The van der Waals surface area contributed by atoms with Gasteiger partial charge in [0.15, 0.2) is 0 Å². The standard InChI is InChI=1S/C10H11NO2/c1-2-9(11-10(12)13)8-6-4-3-5-7-8/h2-7,9,11H,1H2,(H,12,13). The highest BCUT2D eigenvalue weighted by Gasteiger charge is 2.08. The maximum atomic E-state index is 10.4. The molecule has 0 spiro atoms. The molecule has 68 valence electrons. The molecule has 13 heavy (non-hydrogen) atoms. The van der Waals surface area contributed by atoms with Gasteiger partial charge in [0, 0.05) is 0 Å². The van der Waals surface area contributed by atoms with Crippen molar-refractivity contribution in [3.63, 3.8) is 0 Å². The van der Waals surface area contributed by atoms with Gasteiger partial charge < -0.3 is 10.4 Å². The second-order valence-corrected chi connectivity index (χ2v) is 2.57. The lowest BCUT2D eigenvalue weighted by Crippen LogP contribution is -2.24. The first kappa shape index (κ1) is 9.32. The van der Waals surface area contributed by atoms with Crippen LogP contribution in [0.1, 0.15) is 11.6 Å². The largest absolute Gasteiger partial charge is 0.465 e. The third-order valence-electron chi connectivity index (χ3n) is 1.67. The van der Waals surface area contributed by atoms with E-state index in [4.69, 9.17) is 5.11 Å². The summed E-state index contributed by atoms with van der Waals surface area (Å²) in [6.45, 7) is 3.56. The van der Waals surface area contributed by atoms with E-state index >= 15 is 0 Å². The van der Waals surface area contributed by atoms with Crippen molar-refractivity contribution in [1.82, 2.24) is 5.32 Å². The van der Waals surface area contributed by atoms with Crippen molar-refractivity contribution in [2.24, 2.45) is 0 Å². The Kier molecular flexibility index (Phi) is 3.09. The van der Waals surface area contributed by atoms with Crippen LogP contribution >= 0.6 is 0 Å². The van der Waals surface area contributed by atoms with Crippen molar-refractivity contribution in [2.45, 2.75) is 6.04 Å². The van der Waals surface area contributed by atoms with Crippen LogP contribution in [0, 0.1) is 0 Å². The maximum absolute atomic E-state index is 10.4. The predicted molar refractivity (Wildman–Crippen MR) is 50.5 cm³/mol. The summed E-state index contributed by atoms with van der Waals surface area (Å²) in [7, 11) is 0. The molecule has 0 aromatic heterocycles. The van der Waals surface area contributed by atoms with Crippen molar-refractivity contribution < 1.29 is 9.90 Å². The first-order valence-electron chi connectivity index (χ1n) is 3.91. The van der Waals surface area contributed by atoms with Crippen molar-refractivity contribution in [3.8, 4) is 0 Å². The van der Waals surface area contributed by atoms with Gasteiger partial charge in [0.1, 0.15) is 0 Å². The molecule has 0 aliphatic heterocycles. The molecular formula is C10H11NO2. The molecule has 3 nitrogen and oxygen atoms in total. The van der Waals surface area contributed by atoms with E-state index in [1.54, 1.807) is 6.08 Å². The van der Waals surface area contributed by atoms with Crippen LogP contribution in [0.4, 0.5) is 4.79 Å². The fourth-order valence-electron chi connectivity index (χ4n) is 1.07. The highest BCUT2D eigenvalue weighted by atomic mass is 16.4. The third-order valence-corrected chi connectivity index (χ3v) is 1.67. The molecule has 1 aromatic rings. The topological polar surface area (TPSA) is 49.3 Å². The molecule has 0 saturated heterocycles. The number of hydrogen-bond acceptors (Lipinski definition) is 1. The second kappa shape index (κ2) is 4.30. The van der Waals surface area contributed by atoms with Gasteiger partial charge >= 0.3 is 6.09 Å². The van der Waals surface area contributed by atoms with Crippen LogP contribution in [-0.2, 0) is 0 Å². The van der Waals surface area contributed by atoms with E-state index in [1.165, 1.54) is 0 Å². The molecule has 1 rings (SSSR count). The van der Waals surface area contributed by atoms with E-state index in [-0.39, 0.29) is 6.04 Å². The molecule has 0 radical (unpaired) electrons. The average Bonchev–Trinajstić information content (AvgIpc) is 2.15. The summed E-state index contributed by atoms with van der Waals surface area (Å²) < 4.78 is 0. The van der Waals surface area contributed by atoms with E-state index in [0.717, 1.165) is 5.56 Å². The van der Waals surface area contributed by atoms with Gasteiger partial charge in [-0.25, -0.2) is 4.79 Å². The summed E-state index contributed by atoms with van der Waals surface area (Å²) in [5.74, 6) is 0. The maximum Gasteiger partial charge on any atom is 0.405 e. The average molecular weight is 177 g/mol. The summed E-state index contributed by atoms with van der Waals surface area (Å²) in [6.07, 6.45) is 0.512. The Hall–Kier alpha value is -1.77. The van der Waals surface area contributed by atoms with Gasteiger partial charge in [-0.3, -0.25) is 0 Å². The molecule has 0 saturated carbocycles. The number of carboxylic acid groups (broad SMARTS) is 1. The predicted octanol–water partition coefficient (Wildman–Crippen LogP) is 2.18. The summed E-state index contributed by atoms with van der Waals surface area (Å²) >= 11 is 0. The van der Waals surface area contributed by atoms with Crippen molar-refractivity contribution in [2.75, 3.05) is 0 Å². The Balaban J connectivity index is 2.78. The zero-order chi connectivity index (χ0) is 9.68. The smallest absolute Gasteiger partial charge is 0.405 e. The first-order valence-corrected chi connectivity index (χ1v) is 3.91. The fourth-order valence-corrected chi connectivity index (χ4v) is 1.07. The van der Waals surface area contributed by atoms with Crippen LogP contribution < -0.4 is 5.32 Å². The molecule has 1 aromatic carbocycles. The summed E-state index contributed by atoms with van der Waals surface area (Å²) in [5, 5.41) is 10.9. The Bertz CT molecular complexity index is 295. The molecule has 0 aliphatic rings. The highest BCUT2D eigenvalue weighted by molar-refractivity contribution is 5.65. The zero-order valence-corrected chi connectivity index (χ0v) is 7.10. The van der Waals surface area contributed by atoms with Gasteiger partial charge in [-0.1, -0.05) is 36.4 Å². The van der Waals surface area contributed by atoms with Gasteiger partial charge in [0.2, 0.25) is 0 Å². The SMILES string of the molecule is C=CC(NC(=O)O)c1ccccc1. The minimum atomic E-state index is -1.05. The molecule has 3 heteroatoms. The summed E-state index contributed by atoms with van der Waals surface area (Å²) in [4.78, 5) is 10.4. The number of amides is 1. The Labute approximate surface area is 76.7 Å². The lowest BCUT2D eigenvalue weighted by Gasteiger charge is -2.11. The van der Waals surface area contributed by atoms with Crippen LogP contribution in [0.15, 0.2) is 43.0 Å². The number of nitrogens with one attached hydrogen (secondary N) is 1. The van der Waals surface area contributed by atoms with Crippen molar-refractivity contribution in [1.29, 1.82) is 0 Å². The van der Waals surface area contributed by atoms with Gasteiger partial charge in [0.25, 0.3) is 0 Å². The lowest BCUT2D eigenvalue weighted by atomic mass is 10.1. The van der Waals surface area contributed by atoms with Crippen molar-refractivity contribution in [3.05, 3.63) is 48.6 Å². The van der Waals surface area contributed by atoms with Gasteiger partial charge in [-0.2, -0.15) is 0 Å². The zero-order valence-electron chi connectivity index (χ0n) is 7.10. The molecule has 2 N–H and O–H groups in total. The quantitative estimate of drug-likeness (QED) is 0.695. The van der Waals surface area contributed by atoms with Gasteiger partial charge in [-0.05, 0) is 5.56 Å². The van der Waals surface area contributed by atoms with E-state index in [1.807, 2.05) is 30.3 Å². The highest BCUT2D eigenvalue weighted by Crippen LogP contribution is 2.12. The minimum Gasteiger partial charge on any atom is -0.465 e. The second-order valence-electron chi connectivity index (χ2n) is 2.57. The Morgan fingerprint density at radius 1 is 1.46 bits per heavy atom. The number of hydrogen-bond donors (Lipinski definition) is 2. The van der Waals surface area contributed by atoms with Gasteiger partial charge in [0.05, 0.1) is 6.04 Å². The Morgan fingerprint density at radius 3 is 2.54 bits per heavy atom. The monoisotopic (exact) mass is 177 g/mol. The van der Waals surface area contributed by atoms with Crippen LogP contribution in [-0.4, -0.2) is 11.2 Å². The molecule has 0 fully saturated rings. The van der Waals surface area contributed by atoms with Crippen molar-refractivity contribution >= 4 is 6.09 Å².